The lowest BCUT2D eigenvalue weighted by molar-refractivity contribution is 0.556. The molecule has 0 aromatic carbocycles. The smallest absolute Gasteiger partial charge is 0.137 e. The van der Waals surface area contributed by atoms with Gasteiger partial charge in [0.2, 0.25) is 0 Å². The van der Waals surface area contributed by atoms with E-state index in [0.717, 1.165) is 6.54 Å². The van der Waals surface area contributed by atoms with E-state index in [1.807, 2.05) is 4.68 Å². The molecule has 0 aliphatic heterocycles. The maximum Gasteiger partial charge on any atom is 0.137 e. The van der Waals surface area contributed by atoms with Gasteiger partial charge in [-0.2, -0.15) is 5.10 Å². The van der Waals surface area contributed by atoms with Crippen LogP contribution in [0.25, 0.3) is 0 Å². The van der Waals surface area contributed by atoms with Gasteiger partial charge in [0.1, 0.15) is 12.7 Å². The van der Waals surface area contributed by atoms with Gasteiger partial charge in [-0.1, -0.05) is 24.3 Å². The Kier molecular flexibility index (Phi) is 1.55. The lowest BCUT2D eigenvalue weighted by atomic mass is 10.2. The zero-order chi connectivity index (χ0) is 7.52. The SMILES string of the molecule is C1=CC(Cn2cncn2)C=C1. The molecule has 3 nitrogen and oxygen atoms in total. The number of nitrogens with zero attached hydrogens (tertiary/aromatic N) is 3. The van der Waals surface area contributed by atoms with Crippen LogP contribution < -0.4 is 0 Å². The lowest BCUT2D eigenvalue weighted by Crippen LogP contribution is -2.05. The summed E-state index contributed by atoms with van der Waals surface area (Å²) in [5, 5.41) is 4.02. The molecule has 1 heterocycles. The highest BCUT2D eigenvalue weighted by molar-refractivity contribution is 5.16. The monoisotopic (exact) mass is 147 g/mol. The minimum atomic E-state index is 0.497. The molecule has 0 amide bonds. The first-order valence-corrected chi connectivity index (χ1v) is 3.62. The first-order valence-electron chi connectivity index (χ1n) is 3.62. The molecule has 0 bridgehead atoms. The topological polar surface area (TPSA) is 30.7 Å². The molecule has 0 atom stereocenters. The first kappa shape index (κ1) is 6.34. The fraction of sp³-hybridized carbons (Fsp3) is 0.250. The van der Waals surface area contributed by atoms with Crippen LogP contribution in [0.3, 0.4) is 0 Å². The van der Waals surface area contributed by atoms with Crippen LogP contribution in [0.5, 0.6) is 0 Å². The molecule has 0 spiro atoms. The molecule has 1 aromatic rings. The van der Waals surface area contributed by atoms with Crippen molar-refractivity contribution in [2.45, 2.75) is 6.54 Å². The molecule has 0 fully saturated rings. The second-order valence-electron chi connectivity index (χ2n) is 2.55. The van der Waals surface area contributed by atoms with Gasteiger partial charge in [-0.3, -0.25) is 4.68 Å². The van der Waals surface area contributed by atoms with Gasteiger partial charge in [0.05, 0.1) is 6.54 Å². The largest absolute Gasteiger partial charge is 0.252 e. The predicted octanol–water partition coefficient (Wildman–Crippen LogP) is 1.02. The van der Waals surface area contributed by atoms with Crippen molar-refractivity contribution < 1.29 is 0 Å². The summed E-state index contributed by atoms with van der Waals surface area (Å²) in [6.07, 6.45) is 11.7. The molecule has 0 saturated carbocycles. The van der Waals surface area contributed by atoms with E-state index in [4.69, 9.17) is 0 Å². The van der Waals surface area contributed by atoms with E-state index >= 15 is 0 Å². The van der Waals surface area contributed by atoms with Gasteiger partial charge < -0.3 is 0 Å². The number of allylic oxidation sites excluding steroid dienone is 4. The number of hydrogen-bond donors (Lipinski definition) is 0. The highest BCUT2D eigenvalue weighted by Gasteiger charge is 2.03. The van der Waals surface area contributed by atoms with Crippen molar-refractivity contribution in [2.24, 2.45) is 5.92 Å². The van der Waals surface area contributed by atoms with Crippen molar-refractivity contribution in [3.05, 3.63) is 37.0 Å². The molecular weight excluding hydrogens is 138 g/mol. The summed E-state index contributed by atoms with van der Waals surface area (Å²) < 4.78 is 1.84. The Morgan fingerprint density at radius 3 is 2.73 bits per heavy atom. The van der Waals surface area contributed by atoms with E-state index in [1.54, 1.807) is 12.7 Å². The molecule has 0 unspecified atom stereocenters. The molecule has 1 aromatic heterocycles. The van der Waals surface area contributed by atoms with Crippen LogP contribution in [0.4, 0.5) is 0 Å². The van der Waals surface area contributed by atoms with Crippen LogP contribution in [-0.2, 0) is 6.54 Å². The predicted molar refractivity (Wildman–Crippen MR) is 41.8 cm³/mol. The number of hydrogen-bond acceptors (Lipinski definition) is 2. The Labute approximate surface area is 65.1 Å². The molecular formula is C8H9N3. The van der Waals surface area contributed by atoms with Crippen molar-refractivity contribution >= 4 is 0 Å². The normalized spacial score (nSPS) is 16.4. The van der Waals surface area contributed by atoms with Crippen molar-refractivity contribution in [1.29, 1.82) is 0 Å². The summed E-state index contributed by atoms with van der Waals surface area (Å²) in [7, 11) is 0. The quantitative estimate of drug-likeness (QED) is 0.625. The second-order valence-corrected chi connectivity index (χ2v) is 2.55. The van der Waals surface area contributed by atoms with Crippen LogP contribution in [0.15, 0.2) is 37.0 Å². The molecule has 0 saturated heterocycles. The zero-order valence-electron chi connectivity index (χ0n) is 6.09. The van der Waals surface area contributed by atoms with Crippen molar-refractivity contribution in [3.63, 3.8) is 0 Å². The molecule has 2 rings (SSSR count). The van der Waals surface area contributed by atoms with Crippen LogP contribution in [0, 0.1) is 5.92 Å². The average molecular weight is 147 g/mol. The summed E-state index contributed by atoms with van der Waals surface area (Å²) in [6, 6.07) is 0. The van der Waals surface area contributed by atoms with Crippen molar-refractivity contribution in [3.8, 4) is 0 Å². The molecule has 3 heteroatoms. The van der Waals surface area contributed by atoms with E-state index in [-0.39, 0.29) is 0 Å². The van der Waals surface area contributed by atoms with Gasteiger partial charge in [0.25, 0.3) is 0 Å². The molecule has 1 aliphatic rings. The number of rotatable bonds is 2. The maximum absolute atomic E-state index is 4.02. The van der Waals surface area contributed by atoms with Crippen LogP contribution in [-0.4, -0.2) is 14.8 Å². The molecule has 56 valence electrons. The third-order valence-electron chi connectivity index (χ3n) is 1.69. The van der Waals surface area contributed by atoms with E-state index < -0.39 is 0 Å². The zero-order valence-corrected chi connectivity index (χ0v) is 6.09. The Bertz CT molecular complexity index is 260. The van der Waals surface area contributed by atoms with E-state index in [1.165, 1.54) is 0 Å². The van der Waals surface area contributed by atoms with Gasteiger partial charge in [-0.15, -0.1) is 0 Å². The summed E-state index contributed by atoms with van der Waals surface area (Å²) >= 11 is 0. The van der Waals surface area contributed by atoms with Gasteiger partial charge in [-0.05, 0) is 0 Å². The highest BCUT2D eigenvalue weighted by atomic mass is 15.3. The molecule has 11 heavy (non-hydrogen) atoms. The minimum absolute atomic E-state index is 0.497. The second kappa shape index (κ2) is 2.70. The highest BCUT2D eigenvalue weighted by Crippen LogP contribution is 2.09. The van der Waals surface area contributed by atoms with Crippen LogP contribution in [0.2, 0.25) is 0 Å². The third kappa shape index (κ3) is 1.37. The van der Waals surface area contributed by atoms with Gasteiger partial charge in [0.15, 0.2) is 0 Å². The standard InChI is InChI=1S/C8H9N3/c1-2-4-8(3-1)5-11-7-9-6-10-11/h1-4,6-8H,5H2. The Hall–Kier alpha value is -1.38. The summed E-state index contributed by atoms with van der Waals surface area (Å²) in [6.45, 7) is 0.896. The summed E-state index contributed by atoms with van der Waals surface area (Å²) in [5.74, 6) is 0.497. The Morgan fingerprint density at radius 2 is 2.09 bits per heavy atom. The summed E-state index contributed by atoms with van der Waals surface area (Å²) in [4.78, 5) is 3.87. The third-order valence-corrected chi connectivity index (χ3v) is 1.69. The van der Waals surface area contributed by atoms with Crippen LogP contribution >= 0.6 is 0 Å². The van der Waals surface area contributed by atoms with Gasteiger partial charge in [0, 0.05) is 5.92 Å². The van der Waals surface area contributed by atoms with E-state index in [9.17, 15) is 0 Å². The van der Waals surface area contributed by atoms with Crippen molar-refractivity contribution in [2.75, 3.05) is 0 Å². The van der Waals surface area contributed by atoms with Gasteiger partial charge >= 0.3 is 0 Å². The Balaban J connectivity index is 2.01. The lowest BCUT2D eigenvalue weighted by Gasteiger charge is -2.02. The van der Waals surface area contributed by atoms with Gasteiger partial charge in [-0.25, -0.2) is 4.98 Å². The first-order chi connectivity index (χ1) is 5.45. The fourth-order valence-corrected chi connectivity index (χ4v) is 1.14. The van der Waals surface area contributed by atoms with E-state index in [2.05, 4.69) is 34.4 Å². The van der Waals surface area contributed by atoms with E-state index in [0.29, 0.717) is 5.92 Å². The molecule has 0 radical (unpaired) electrons. The minimum Gasteiger partial charge on any atom is -0.252 e. The summed E-state index contributed by atoms with van der Waals surface area (Å²) in [5.41, 5.74) is 0. The fourth-order valence-electron chi connectivity index (χ4n) is 1.14. The molecule has 0 N–H and O–H groups in total. The van der Waals surface area contributed by atoms with Crippen LogP contribution in [0.1, 0.15) is 0 Å². The Morgan fingerprint density at radius 1 is 1.27 bits per heavy atom. The maximum atomic E-state index is 4.02. The molecule has 1 aliphatic carbocycles. The van der Waals surface area contributed by atoms with Crippen molar-refractivity contribution in [1.82, 2.24) is 14.8 Å². The number of aromatic nitrogens is 3. The average Bonchev–Trinajstić information content (AvgIpc) is 2.60.